The normalized spacial score (nSPS) is 11.8. The number of aromatic hydroxyl groups is 1. The molecule has 2 aromatic carbocycles. The number of rotatable bonds is 1. The van der Waals surface area contributed by atoms with Crippen LogP contribution in [-0.2, 0) is 10.1 Å². The monoisotopic (exact) mass is 239 g/mol. The number of hydrogen-bond acceptors (Lipinski definition) is 4. The molecule has 2 aromatic rings. The Bertz CT molecular complexity index is 664. The van der Waals surface area contributed by atoms with Crippen molar-refractivity contribution < 1.29 is 18.1 Å². The molecule has 0 aliphatic heterocycles. The van der Waals surface area contributed by atoms with Crippen molar-refractivity contribution >= 4 is 26.6 Å². The van der Waals surface area contributed by atoms with E-state index in [1.54, 1.807) is 12.1 Å². The Morgan fingerprint density at radius 2 is 1.75 bits per heavy atom. The fourth-order valence-electron chi connectivity index (χ4n) is 1.55. The molecule has 0 heterocycles. The predicted molar refractivity (Wildman–Crippen MR) is 59.8 cm³/mol. The van der Waals surface area contributed by atoms with Gasteiger partial charge in [-0.15, -0.1) is 0 Å². The second-order valence-electron chi connectivity index (χ2n) is 3.33. The zero-order valence-electron chi connectivity index (χ0n) is 8.08. The Kier molecular flexibility index (Phi) is 2.25. The van der Waals surface area contributed by atoms with Crippen LogP contribution < -0.4 is 5.73 Å². The van der Waals surface area contributed by atoms with Crippen molar-refractivity contribution in [2.75, 3.05) is 5.73 Å². The average molecular weight is 239 g/mol. The van der Waals surface area contributed by atoms with Crippen LogP contribution in [0.5, 0.6) is 5.75 Å². The Morgan fingerprint density at radius 1 is 1.06 bits per heavy atom. The van der Waals surface area contributed by atoms with Crippen LogP contribution in [0.15, 0.2) is 35.2 Å². The van der Waals surface area contributed by atoms with Crippen molar-refractivity contribution in [3.8, 4) is 5.75 Å². The van der Waals surface area contributed by atoms with E-state index < -0.39 is 20.8 Å². The fraction of sp³-hybridized carbons (Fsp3) is 0. The molecule has 0 bridgehead atoms. The first kappa shape index (κ1) is 10.7. The molecule has 0 saturated heterocycles. The second kappa shape index (κ2) is 3.36. The zero-order chi connectivity index (χ0) is 11.9. The van der Waals surface area contributed by atoms with E-state index in [1.807, 2.05) is 0 Å². The highest BCUT2D eigenvalue weighted by Crippen LogP contribution is 2.33. The third kappa shape index (κ3) is 1.58. The van der Waals surface area contributed by atoms with Gasteiger partial charge in [0.2, 0.25) is 0 Å². The van der Waals surface area contributed by atoms with E-state index in [2.05, 4.69) is 0 Å². The van der Waals surface area contributed by atoms with Crippen LogP contribution in [-0.4, -0.2) is 18.1 Å². The van der Waals surface area contributed by atoms with Gasteiger partial charge in [0.1, 0.15) is 10.6 Å². The summed E-state index contributed by atoms with van der Waals surface area (Å²) in [4.78, 5) is -0.523. The zero-order valence-corrected chi connectivity index (χ0v) is 8.90. The quantitative estimate of drug-likeness (QED) is 0.515. The van der Waals surface area contributed by atoms with Gasteiger partial charge in [0.25, 0.3) is 10.1 Å². The molecular weight excluding hydrogens is 230 g/mol. The highest BCUT2D eigenvalue weighted by atomic mass is 32.2. The van der Waals surface area contributed by atoms with Gasteiger partial charge in [-0.2, -0.15) is 8.42 Å². The van der Waals surface area contributed by atoms with E-state index in [4.69, 9.17) is 10.3 Å². The van der Waals surface area contributed by atoms with Gasteiger partial charge in [-0.05, 0) is 12.1 Å². The molecule has 4 N–H and O–H groups in total. The van der Waals surface area contributed by atoms with Gasteiger partial charge < -0.3 is 10.8 Å². The maximum Gasteiger partial charge on any atom is 0.298 e. The number of nitrogens with two attached hydrogens (primary N) is 1. The minimum absolute atomic E-state index is 0.287. The molecule has 16 heavy (non-hydrogen) atoms. The van der Waals surface area contributed by atoms with E-state index in [-0.39, 0.29) is 5.39 Å². The van der Waals surface area contributed by atoms with Crippen molar-refractivity contribution in [2.24, 2.45) is 0 Å². The maximum absolute atomic E-state index is 10.9. The fourth-order valence-corrected chi connectivity index (χ4v) is 2.15. The Morgan fingerprint density at radius 3 is 2.38 bits per heavy atom. The maximum atomic E-state index is 10.9. The molecule has 5 nitrogen and oxygen atoms in total. The molecule has 0 fully saturated rings. The molecule has 0 radical (unpaired) electrons. The summed E-state index contributed by atoms with van der Waals surface area (Å²) in [5, 5.41) is 10.5. The summed E-state index contributed by atoms with van der Waals surface area (Å²) in [7, 11) is -4.43. The number of nitrogen functional groups attached to an aromatic ring is 1. The molecule has 6 heteroatoms. The molecule has 0 spiro atoms. The van der Waals surface area contributed by atoms with Gasteiger partial charge in [0.15, 0.2) is 0 Å². The topological polar surface area (TPSA) is 101 Å². The van der Waals surface area contributed by atoms with Crippen molar-refractivity contribution in [1.82, 2.24) is 0 Å². The SMILES string of the molecule is Nc1cccc2c(O)c(S(=O)(=O)O)ccc12. The Balaban J connectivity index is 2.92. The lowest BCUT2D eigenvalue weighted by atomic mass is 10.1. The lowest BCUT2D eigenvalue weighted by Crippen LogP contribution is -1.99. The molecular formula is C10H9NO4S. The summed E-state index contributed by atoms with van der Waals surface area (Å²) in [6.45, 7) is 0. The van der Waals surface area contributed by atoms with E-state index in [9.17, 15) is 13.5 Å². The van der Waals surface area contributed by atoms with Crippen LogP contribution in [0, 0.1) is 0 Å². The summed E-state index contributed by atoms with van der Waals surface area (Å²) in [5.74, 6) is -0.493. The van der Waals surface area contributed by atoms with E-state index in [0.29, 0.717) is 11.1 Å². The molecule has 0 saturated carbocycles. The van der Waals surface area contributed by atoms with Gasteiger partial charge in [-0.1, -0.05) is 18.2 Å². The Hall–Kier alpha value is -1.79. The molecule has 0 amide bonds. The largest absolute Gasteiger partial charge is 0.506 e. The number of benzene rings is 2. The molecule has 2 rings (SSSR count). The van der Waals surface area contributed by atoms with Crippen molar-refractivity contribution in [2.45, 2.75) is 4.90 Å². The van der Waals surface area contributed by atoms with E-state index in [1.165, 1.54) is 12.1 Å². The second-order valence-corrected chi connectivity index (χ2v) is 4.72. The van der Waals surface area contributed by atoms with Crippen LogP contribution in [0.1, 0.15) is 0 Å². The summed E-state index contributed by atoms with van der Waals surface area (Å²) >= 11 is 0. The lowest BCUT2D eigenvalue weighted by molar-refractivity contribution is 0.448. The average Bonchev–Trinajstić information content (AvgIpc) is 2.18. The van der Waals surface area contributed by atoms with Gasteiger partial charge in [0, 0.05) is 16.5 Å². The number of phenolic OH excluding ortho intramolecular Hbond substituents is 1. The Labute approximate surface area is 91.9 Å². The molecule has 0 aromatic heterocycles. The van der Waals surface area contributed by atoms with Crippen LogP contribution in [0.4, 0.5) is 5.69 Å². The van der Waals surface area contributed by atoms with Crippen LogP contribution >= 0.6 is 0 Å². The molecule has 0 aliphatic carbocycles. The smallest absolute Gasteiger partial charge is 0.298 e. The van der Waals surface area contributed by atoms with Crippen LogP contribution in [0.2, 0.25) is 0 Å². The van der Waals surface area contributed by atoms with Crippen molar-refractivity contribution in [3.63, 3.8) is 0 Å². The van der Waals surface area contributed by atoms with Crippen LogP contribution in [0.25, 0.3) is 10.8 Å². The number of phenols is 1. The first-order valence-electron chi connectivity index (χ1n) is 4.39. The molecule has 0 unspecified atom stereocenters. The van der Waals surface area contributed by atoms with E-state index in [0.717, 1.165) is 6.07 Å². The summed E-state index contributed by atoms with van der Waals surface area (Å²) in [5.41, 5.74) is 6.09. The van der Waals surface area contributed by atoms with E-state index >= 15 is 0 Å². The number of hydrogen-bond donors (Lipinski definition) is 3. The predicted octanol–water partition coefficient (Wildman–Crippen LogP) is 1.37. The van der Waals surface area contributed by atoms with Crippen LogP contribution in [0.3, 0.4) is 0 Å². The standard InChI is InChI=1S/C10H9NO4S/c11-8-3-1-2-7-6(8)4-5-9(10(7)12)16(13,14)15/h1-5,12H,11H2,(H,13,14,15). The lowest BCUT2D eigenvalue weighted by Gasteiger charge is -2.07. The highest BCUT2D eigenvalue weighted by Gasteiger charge is 2.17. The number of anilines is 1. The molecule has 84 valence electrons. The molecule has 0 aliphatic rings. The van der Waals surface area contributed by atoms with Gasteiger partial charge in [0.05, 0.1) is 0 Å². The van der Waals surface area contributed by atoms with Gasteiger partial charge in [-0.25, -0.2) is 0 Å². The summed E-state index contributed by atoms with van der Waals surface area (Å²) < 4.78 is 30.8. The summed E-state index contributed by atoms with van der Waals surface area (Å²) in [6, 6.07) is 7.30. The first-order valence-corrected chi connectivity index (χ1v) is 5.83. The number of fused-ring (bicyclic) bond motifs is 1. The van der Waals surface area contributed by atoms with Crippen molar-refractivity contribution in [1.29, 1.82) is 0 Å². The minimum atomic E-state index is -4.43. The first-order chi connectivity index (χ1) is 7.41. The highest BCUT2D eigenvalue weighted by molar-refractivity contribution is 7.86. The molecule has 0 atom stereocenters. The van der Waals surface area contributed by atoms with Crippen molar-refractivity contribution in [3.05, 3.63) is 30.3 Å². The summed E-state index contributed by atoms with van der Waals surface area (Å²) in [6.07, 6.45) is 0. The third-order valence-electron chi connectivity index (χ3n) is 2.31. The van der Waals surface area contributed by atoms with Gasteiger partial charge >= 0.3 is 0 Å². The van der Waals surface area contributed by atoms with Gasteiger partial charge in [-0.3, -0.25) is 4.55 Å². The third-order valence-corrected chi connectivity index (χ3v) is 3.19. The minimum Gasteiger partial charge on any atom is -0.506 e.